The lowest BCUT2D eigenvalue weighted by atomic mass is 9.86. The SMILES string of the molecule is c1ccc(N(c2ccc3ccccc3c2)c2cccc(-c3cccc4ccccc34)c2-c2cc3ccccc3c3ccccc23)cc1. The van der Waals surface area contributed by atoms with E-state index in [0.717, 1.165) is 17.1 Å². The molecule has 0 bridgehead atoms. The molecule has 0 amide bonds. The van der Waals surface area contributed by atoms with Crippen molar-refractivity contribution >= 4 is 60.2 Å². The van der Waals surface area contributed by atoms with Crippen LogP contribution in [0, 0.1) is 0 Å². The molecule has 9 aromatic carbocycles. The maximum Gasteiger partial charge on any atom is 0.0546 e. The van der Waals surface area contributed by atoms with Crippen LogP contribution in [0.15, 0.2) is 188 Å². The fourth-order valence-electron chi connectivity index (χ4n) is 7.28. The van der Waals surface area contributed by atoms with Gasteiger partial charge in [0.15, 0.2) is 0 Å². The first-order chi connectivity index (χ1) is 23.3. The fraction of sp³-hybridized carbons (Fsp3) is 0. The van der Waals surface area contributed by atoms with E-state index in [1.54, 1.807) is 0 Å². The third kappa shape index (κ3) is 4.64. The van der Waals surface area contributed by atoms with E-state index in [1.165, 1.54) is 65.3 Å². The van der Waals surface area contributed by atoms with E-state index in [0.29, 0.717) is 0 Å². The van der Waals surface area contributed by atoms with Crippen molar-refractivity contribution in [2.24, 2.45) is 0 Å². The molecule has 0 radical (unpaired) electrons. The third-order valence-corrected chi connectivity index (χ3v) is 9.41. The summed E-state index contributed by atoms with van der Waals surface area (Å²) in [5.41, 5.74) is 8.24. The molecule has 9 aromatic rings. The molecule has 220 valence electrons. The maximum atomic E-state index is 2.43. The Morgan fingerprint density at radius 3 is 1.70 bits per heavy atom. The molecule has 0 saturated carbocycles. The van der Waals surface area contributed by atoms with Crippen LogP contribution in [0.1, 0.15) is 0 Å². The molecule has 0 unspecified atom stereocenters. The second-order valence-corrected chi connectivity index (χ2v) is 12.1. The van der Waals surface area contributed by atoms with Gasteiger partial charge >= 0.3 is 0 Å². The summed E-state index contributed by atoms with van der Waals surface area (Å²) < 4.78 is 0. The van der Waals surface area contributed by atoms with Crippen LogP contribution in [-0.4, -0.2) is 0 Å². The minimum Gasteiger partial charge on any atom is -0.310 e. The van der Waals surface area contributed by atoms with E-state index in [-0.39, 0.29) is 0 Å². The minimum atomic E-state index is 1.11. The molecule has 9 rings (SSSR count). The Bertz CT molecular complexity index is 2580. The second kappa shape index (κ2) is 11.3. The van der Waals surface area contributed by atoms with Gasteiger partial charge in [0.1, 0.15) is 0 Å². The van der Waals surface area contributed by atoms with Gasteiger partial charge < -0.3 is 4.90 Å². The van der Waals surface area contributed by atoms with Crippen LogP contribution in [-0.2, 0) is 0 Å². The lowest BCUT2D eigenvalue weighted by molar-refractivity contribution is 1.29. The van der Waals surface area contributed by atoms with Gasteiger partial charge in [0.25, 0.3) is 0 Å². The summed E-state index contributed by atoms with van der Waals surface area (Å²) in [6.45, 7) is 0. The third-order valence-electron chi connectivity index (χ3n) is 9.41. The zero-order chi connectivity index (χ0) is 31.2. The van der Waals surface area contributed by atoms with Crippen molar-refractivity contribution in [3.05, 3.63) is 188 Å². The Hall–Kier alpha value is -6.18. The largest absolute Gasteiger partial charge is 0.310 e. The molecule has 0 aliphatic heterocycles. The topological polar surface area (TPSA) is 3.24 Å². The Morgan fingerprint density at radius 1 is 0.277 bits per heavy atom. The molecule has 0 aliphatic carbocycles. The molecule has 1 nitrogen and oxygen atoms in total. The zero-order valence-electron chi connectivity index (χ0n) is 25.8. The number of rotatable bonds is 5. The van der Waals surface area contributed by atoms with E-state index in [4.69, 9.17) is 0 Å². The van der Waals surface area contributed by atoms with E-state index >= 15 is 0 Å². The molecule has 0 saturated heterocycles. The van der Waals surface area contributed by atoms with Crippen molar-refractivity contribution in [1.29, 1.82) is 0 Å². The van der Waals surface area contributed by atoms with Crippen molar-refractivity contribution < 1.29 is 0 Å². The van der Waals surface area contributed by atoms with Gasteiger partial charge in [-0.2, -0.15) is 0 Å². The Morgan fingerprint density at radius 2 is 0.872 bits per heavy atom. The molecule has 1 heteroatoms. The highest BCUT2D eigenvalue weighted by molar-refractivity contribution is 6.17. The lowest BCUT2D eigenvalue weighted by Crippen LogP contribution is -2.12. The maximum absolute atomic E-state index is 2.43. The van der Waals surface area contributed by atoms with Gasteiger partial charge in [0, 0.05) is 16.9 Å². The van der Waals surface area contributed by atoms with Gasteiger partial charge in [-0.05, 0) is 96.2 Å². The number of nitrogens with zero attached hydrogens (tertiary/aromatic N) is 1. The Balaban J connectivity index is 1.43. The number of para-hydroxylation sites is 1. The van der Waals surface area contributed by atoms with Crippen LogP contribution in [0.25, 0.3) is 65.3 Å². The molecule has 0 fully saturated rings. The van der Waals surface area contributed by atoms with Crippen LogP contribution in [0.3, 0.4) is 0 Å². The first kappa shape index (κ1) is 27.2. The van der Waals surface area contributed by atoms with Gasteiger partial charge in [-0.25, -0.2) is 0 Å². The van der Waals surface area contributed by atoms with Crippen LogP contribution in [0.5, 0.6) is 0 Å². The lowest BCUT2D eigenvalue weighted by Gasteiger charge is -2.30. The molecule has 0 atom stereocenters. The standard InChI is InChI=1S/C46H31N/c1-2-19-36(20-3-1)47(37-29-28-32-14-4-5-16-34(32)30-37)45-27-13-26-43(41-25-12-18-33-15-6-8-21-38(33)41)46(45)44-31-35-17-7-9-22-39(35)40-23-10-11-24-42(40)44/h1-31H. The van der Waals surface area contributed by atoms with Crippen LogP contribution in [0.4, 0.5) is 17.1 Å². The highest BCUT2D eigenvalue weighted by Gasteiger charge is 2.23. The summed E-state index contributed by atoms with van der Waals surface area (Å²) in [4.78, 5) is 2.43. The molecule has 0 heterocycles. The van der Waals surface area contributed by atoms with Crippen molar-refractivity contribution in [1.82, 2.24) is 0 Å². The van der Waals surface area contributed by atoms with Crippen molar-refractivity contribution in [2.45, 2.75) is 0 Å². The molecule has 47 heavy (non-hydrogen) atoms. The zero-order valence-corrected chi connectivity index (χ0v) is 25.8. The second-order valence-electron chi connectivity index (χ2n) is 12.1. The molecular weight excluding hydrogens is 567 g/mol. The molecular formula is C46H31N. The van der Waals surface area contributed by atoms with Crippen LogP contribution >= 0.6 is 0 Å². The monoisotopic (exact) mass is 597 g/mol. The number of anilines is 3. The fourth-order valence-corrected chi connectivity index (χ4v) is 7.28. The molecule has 0 aromatic heterocycles. The summed E-state index contributed by atoms with van der Waals surface area (Å²) >= 11 is 0. The molecule has 0 spiro atoms. The van der Waals surface area contributed by atoms with Gasteiger partial charge in [-0.1, -0.05) is 152 Å². The van der Waals surface area contributed by atoms with Gasteiger partial charge in [-0.3, -0.25) is 0 Å². The molecule has 0 aliphatic rings. The predicted molar refractivity (Wildman–Crippen MR) is 202 cm³/mol. The number of benzene rings is 9. The van der Waals surface area contributed by atoms with E-state index in [9.17, 15) is 0 Å². The summed E-state index contributed by atoms with van der Waals surface area (Å²) in [6.07, 6.45) is 0. The van der Waals surface area contributed by atoms with Crippen molar-refractivity contribution in [3.63, 3.8) is 0 Å². The minimum absolute atomic E-state index is 1.11. The number of hydrogen-bond acceptors (Lipinski definition) is 1. The van der Waals surface area contributed by atoms with Crippen LogP contribution in [0.2, 0.25) is 0 Å². The summed E-state index contributed by atoms with van der Waals surface area (Å²) in [6, 6.07) is 68.4. The summed E-state index contributed by atoms with van der Waals surface area (Å²) in [7, 11) is 0. The first-order valence-corrected chi connectivity index (χ1v) is 16.2. The highest BCUT2D eigenvalue weighted by Crippen LogP contribution is 2.49. The molecule has 0 N–H and O–H groups in total. The Labute approximate surface area is 274 Å². The van der Waals surface area contributed by atoms with E-state index in [1.807, 2.05) is 0 Å². The number of fused-ring (bicyclic) bond motifs is 5. The van der Waals surface area contributed by atoms with Crippen LogP contribution < -0.4 is 4.90 Å². The Kier molecular flexibility index (Phi) is 6.54. The average molecular weight is 598 g/mol. The van der Waals surface area contributed by atoms with Gasteiger partial charge in [-0.15, -0.1) is 0 Å². The van der Waals surface area contributed by atoms with Gasteiger partial charge in [0.2, 0.25) is 0 Å². The van der Waals surface area contributed by atoms with E-state index in [2.05, 4.69) is 193 Å². The summed E-state index contributed by atoms with van der Waals surface area (Å²) in [5.74, 6) is 0. The predicted octanol–water partition coefficient (Wildman–Crippen LogP) is 13.1. The normalized spacial score (nSPS) is 11.4. The van der Waals surface area contributed by atoms with Crippen molar-refractivity contribution in [2.75, 3.05) is 4.90 Å². The summed E-state index contributed by atoms with van der Waals surface area (Å²) in [5, 5.41) is 9.93. The smallest absolute Gasteiger partial charge is 0.0546 e. The first-order valence-electron chi connectivity index (χ1n) is 16.2. The van der Waals surface area contributed by atoms with E-state index < -0.39 is 0 Å². The quantitative estimate of drug-likeness (QED) is 0.178. The van der Waals surface area contributed by atoms with Crippen molar-refractivity contribution in [3.8, 4) is 22.3 Å². The highest BCUT2D eigenvalue weighted by atomic mass is 15.1. The van der Waals surface area contributed by atoms with Gasteiger partial charge in [0.05, 0.1) is 5.69 Å². The average Bonchev–Trinajstić information content (AvgIpc) is 3.15. The number of hydrogen-bond donors (Lipinski definition) is 0.